The van der Waals surface area contributed by atoms with E-state index < -0.39 is 16.6 Å². The predicted octanol–water partition coefficient (Wildman–Crippen LogP) is 9.06. The second-order valence-corrected chi connectivity index (χ2v) is 24.8. The van der Waals surface area contributed by atoms with Crippen molar-refractivity contribution in [1.29, 1.82) is 0 Å². The molecule has 4 nitrogen and oxygen atoms in total. The lowest BCUT2D eigenvalue weighted by molar-refractivity contribution is -0.169. The average molecular weight is 579 g/mol. The summed E-state index contributed by atoms with van der Waals surface area (Å²) in [4.78, 5) is 12.0. The minimum absolute atomic E-state index is 0.0617. The minimum atomic E-state index is -1.73. The van der Waals surface area contributed by atoms with Gasteiger partial charge in [-0.05, 0) is 142 Å². The van der Waals surface area contributed by atoms with Gasteiger partial charge in [0.05, 0.1) is 13.2 Å². The zero-order valence-electron chi connectivity index (χ0n) is 27.2. The molecule has 0 aromatic carbocycles. The fraction of sp³-hybridized carbons (Fsp3) is 0.970. The van der Waals surface area contributed by atoms with Gasteiger partial charge in [0.1, 0.15) is 0 Å². The molecule has 0 spiro atoms. The van der Waals surface area contributed by atoms with Crippen LogP contribution in [0.15, 0.2) is 0 Å². The smallest absolute Gasteiger partial charge is 0.305 e. The molecule has 0 heterocycles. The summed E-state index contributed by atoms with van der Waals surface area (Å²) in [5, 5.41) is 0. The van der Waals surface area contributed by atoms with E-state index in [1.165, 1.54) is 70.6 Å². The average Bonchev–Trinajstić information content (AvgIpc) is 3.26. The Bertz CT molecular complexity index is 861. The highest BCUT2D eigenvalue weighted by molar-refractivity contribution is 6.71. The van der Waals surface area contributed by atoms with Crippen molar-refractivity contribution < 1.29 is 18.4 Å². The van der Waals surface area contributed by atoms with E-state index in [1.807, 2.05) is 0 Å². The summed E-state index contributed by atoms with van der Waals surface area (Å²) >= 11 is 0. The summed E-state index contributed by atoms with van der Waals surface area (Å²) in [6.07, 6.45) is 12.9. The molecule has 226 valence electrons. The molecule has 0 amide bonds. The van der Waals surface area contributed by atoms with Crippen molar-refractivity contribution in [2.45, 2.75) is 149 Å². The van der Waals surface area contributed by atoms with Crippen molar-refractivity contribution in [2.24, 2.45) is 46.3 Å². The minimum Gasteiger partial charge on any atom is -0.469 e. The molecule has 4 saturated carbocycles. The van der Waals surface area contributed by atoms with Gasteiger partial charge in [-0.25, -0.2) is 0 Å². The van der Waals surface area contributed by atoms with Crippen LogP contribution < -0.4 is 0 Å². The Morgan fingerprint density at radius 1 is 0.897 bits per heavy atom. The van der Waals surface area contributed by atoms with Gasteiger partial charge in [-0.3, -0.25) is 4.79 Å². The first-order valence-corrected chi connectivity index (χ1v) is 22.9. The van der Waals surface area contributed by atoms with E-state index in [-0.39, 0.29) is 11.4 Å². The molecule has 4 aliphatic rings. The molecule has 4 rings (SSSR count). The lowest BCUT2D eigenvalue weighted by Gasteiger charge is -2.64. The molecule has 0 unspecified atom stereocenters. The van der Waals surface area contributed by atoms with Gasteiger partial charge in [-0.15, -0.1) is 0 Å². The van der Waals surface area contributed by atoms with Crippen molar-refractivity contribution in [1.82, 2.24) is 0 Å². The Balaban J connectivity index is 1.59. The van der Waals surface area contributed by atoms with Crippen molar-refractivity contribution >= 4 is 22.6 Å². The normalized spacial score (nSPS) is 41.3. The van der Waals surface area contributed by atoms with Gasteiger partial charge in [0.15, 0.2) is 16.6 Å². The topological polar surface area (TPSA) is 44.8 Å². The number of carbonyl (C=O) groups excluding carboxylic acids is 1. The van der Waals surface area contributed by atoms with E-state index in [2.05, 4.69) is 60.8 Å². The highest BCUT2D eigenvalue weighted by Gasteiger charge is 2.64. The second-order valence-electron chi connectivity index (χ2n) is 15.9. The molecule has 0 aromatic heterocycles. The molecule has 0 radical (unpaired) electrons. The van der Waals surface area contributed by atoms with E-state index >= 15 is 0 Å². The maximum Gasteiger partial charge on any atom is 0.305 e. The van der Waals surface area contributed by atoms with Gasteiger partial charge in [0.25, 0.3) is 0 Å². The van der Waals surface area contributed by atoms with Gasteiger partial charge in [0.2, 0.25) is 0 Å². The van der Waals surface area contributed by atoms with Crippen LogP contribution in [0.1, 0.15) is 98.8 Å². The van der Waals surface area contributed by atoms with Crippen LogP contribution in [-0.2, 0) is 18.4 Å². The van der Waals surface area contributed by atoms with Crippen molar-refractivity contribution in [2.75, 3.05) is 7.11 Å². The Morgan fingerprint density at radius 2 is 1.56 bits per heavy atom. The number of hydrogen-bond acceptors (Lipinski definition) is 4. The van der Waals surface area contributed by atoms with Crippen molar-refractivity contribution in [3.63, 3.8) is 0 Å². The summed E-state index contributed by atoms with van der Waals surface area (Å²) in [5.74, 6) is 4.27. The third-order valence-corrected chi connectivity index (χ3v) is 18.4. The monoisotopic (exact) mass is 578 g/mol. The van der Waals surface area contributed by atoms with Crippen LogP contribution >= 0.6 is 0 Å². The molecule has 0 saturated heterocycles. The highest BCUT2D eigenvalue weighted by Crippen LogP contribution is 2.69. The number of esters is 1. The largest absolute Gasteiger partial charge is 0.469 e. The van der Waals surface area contributed by atoms with Crippen LogP contribution in [-0.4, -0.2) is 41.9 Å². The van der Waals surface area contributed by atoms with Crippen LogP contribution in [0.2, 0.25) is 38.3 Å². The second kappa shape index (κ2) is 11.8. The summed E-state index contributed by atoms with van der Waals surface area (Å²) in [5.41, 5.74) is 0.645. The third kappa shape index (κ3) is 6.15. The van der Waals surface area contributed by atoms with Gasteiger partial charge in [-0.2, -0.15) is 0 Å². The molecule has 0 N–H and O–H groups in total. The van der Waals surface area contributed by atoms with Crippen LogP contribution in [0.25, 0.3) is 0 Å². The quantitative estimate of drug-likeness (QED) is 0.192. The van der Waals surface area contributed by atoms with Gasteiger partial charge in [0, 0.05) is 12.5 Å². The molecule has 10 atom stereocenters. The van der Waals surface area contributed by atoms with Crippen LogP contribution in [0.4, 0.5) is 0 Å². The van der Waals surface area contributed by atoms with Crippen molar-refractivity contribution in [3.05, 3.63) is 0 Å². The molecule has 0 aromatic rings. The Kier molecular flexibility index (Phi) is 9.64. The van der Waals surface area contributed by atoms with Gasteiger partial charge in [-0.1, -0.05) is 34.6 Å². The molecular formula is C33H62O4Si2. The van der Waals surface area contributed by atoms with Crippen LogP contribution in [0, 0.1) is 46.3 Å². The van der Waals surface area contributed by atoms with Gasteiger partial charge >= 0.3 is 5.97 Å². The molecule has 4 aliphatic carbocycles. The number of hydrogen-bond donors (Lipinski definition) is 0. The lowest BCUT2D eigenvalue weighted by atomic mass is 9.43. The van der Waals surface area contributed by atoms with E-state index in [1.54, 1.807) is 0 Å². The summed E-state index contributed by atoms with van der Waals surface area (Å²) in [7, 11) is -1.74. The fourth-order valence-corrected chi connectivity index (χ4v) is 12.6. The molecule has 39 heavy (non-hydrogen) atoms. The Morgan fingerprint density at radius 3 is 2.21 bits per heavy atom. The number of ether oxygens (including phenoxy) is 1. The fourth-order valence-electron chi connectivity index (χ4n) is 10.1. The maximum absolute atomic E-state index is 12.0. The van der Waals surface area contributed by atoms with Crippen LogP contribution in [0.3, 0.4) is 0 Å². The summed E-state index contributed by atoms with van der Waals surface area (Å²) in [6.45, 7) is 22.1. The SMILES string of the molecule is CC[Si](C)(C)O[C@H]1CC[C@@]2(C)[C@@H](CC[C@@H]3[C@@H]2C[C@@H](O[Si](C)(C)CC)[C@]2(C)[C@@H]([C@H](C)CCC(=O)OC)CC[C@@H]32)C1. The number of fused-ring (bicyclic) bond motifs is 5. The van der Waals surface area contributed by atoms with E-state index in [9.17, 15) is 4.79 Å². The number of carbonyl (C=O) groups is 1. The standard InChI is InChI=1S/C33H62O4Si2/c1-11-38(7,8)36-25-19-20-32(4)24(21-25)14-15-26-28-17-16-27(23(3)13-18-31(34)35-6)33(28,5)30(22-29(26)32)37-39(9,10)12-2/h23-30H,11-22H2,1-10H3/t23-,24+,25+,26+,27-,28+,29+,30-,32+,33-/m1/s1. The molecule has 6 heteroatoms. The summed E-state index contributed by atoms with van der Waals surface area (Å²) in [6, 6.07) is 2.39. The molecule has 0 bridgehead atoms. The molecule has 0 aliphatic heterocycles. The lowest BCUT2D eigenvalue weighted by Crippen LogP contribution is -2.61. The third-order valence-electron chi connectivity index (χ3n) is 13.1. The summed E-state index contributed by atoms with van der Waals surface area (Å²) < 4.78 is 19.2. The first kappa shape index (κ1) is 31.8. The first-order chi connectivity index (χ1) is 18.2. The van der Waals surface area contributed by atoms with Crippen LogP contribution in [0.5, 0.6) is 0 Å². The first-order valence-electron chi connectivity index (χ1n) is 16.6. The van der Waals surface area contributed by atoms with E-state index in [4.69, 9.17) is 13.6 Å². The predicted molar refractivity (Wildman–Crippen MR) is 167 cm³/mol. The number of rotatable bonds is 10. The zero-order valence-corrected chi connectivity index (χ0v) is 29.2. The highest BCUT2D eigenvalue weighted by atomic mass is 28.4. The molecular weight excluding hydrogens is 517 g/mol. The van der Waals surface area contributed by atoms with Gasteiger partial charge < -0.3 is 13.6 Å². The molecule has 4 fully saturated rings. The zero-order chi connectivity index (χ0) is 28.8. The Hall–Kier alpha value is -0.176. The van der Waals surface area contributed by atoms with E-state index in [0.29, 0.717) is 35.9 Å². The number of methoxy groups -OCH3 is 1. The van der Waals surface area contributed by atoms with Crippen molar-refractivity contribution in [3.8, 4) is 0 Å². The van der Waals surface area contributed by atoms with E-state index in [0.717, 1.165) is 30.1 Å². The maximum atomic E-state index is 12.0. The Labute approximate surface area is 243 Å².